The first-order valence-corrected chi connectivity index (χ1v) is 5.26. The van der Waals surface area contributed by atoms with Crippen LogP contribution < -0.4 is 0 Å². The largest absolute Gasteiger partial charge is 0.481 e. The van der Waals surface area contributed by atoms with Crippen LogP contribution in [0.3, 0.4) is 0 Å². The summed E-state index contributed by atoms with van der Waals surface area (Å²) < 4.78 is 5.14. The average molecular weight is 190 g/mol. The first-order chi connectivity index (χ1) is 5.68. The minimum absolute atomic E-state index is 0.0654. The van der Waals surface area contributed by atoms with E-state index in [1.807, 2.05) is 6.26 Å². The Bertz CT molecular complexity index is 164. The first-order valence-electron chi connectivity index (χ1n) is 4.03. The van der Waals surface area contributed by atoms with E-state index in [1.54, 1.807) is 11.8 Å². The number of carboxylic acid groups (broad SMARTS) is 1. The molecule has 0 amide bonds. The molecule has 1 N–H and O–H groups in total. The predicted octanol–water partition coefficient (Wildman–Crippen LogP) is 1.37. The second-order valence-electron chi connectivity index (χ2n) is 3.07. The molecule has 12 heavy (non-hydrogen) atoms. The molecule has 1 saturated heterocycles. The lowest BCUT2D eigenvalue weighted by molar-refractivity contribution is -0.138. The zero-order valence-corrected chi connectivity index (χ0v) is 8.02. The summed E-state index contributed by atoms with van der Waals surface area (Å²) in [6, 6.07) is 0. The third kappa shape index (κ3) is 2.38. The lowest BCUT2D eigenvalue weighted by atomic mass is 9.95. The van der Waals surface area contributed by atoms with Crippen molar-refractivity contribution in [2.75, 3.05) is 19.5 Å². The van der Waals surface area contributed by atoms with Crippen LogP contribution in [0.2, 0.25) is 0 Å². The summed E-state index contributed by atoms with van der Waals surface area (Å²) in [6.07, 6.45) is 3.96. The topological polar surface area (TPSA) is 46.5 Å². The molecular formula is C8H14O3S. The van der Waals surface area contributed by atoms with Gasteiger partial charge in [0.15, 0.2) is 0 Å². The molecule has 0 bridgehead atoms. The maximum absolute atomic E-state index is 10.6. The van der Waals surface area contributed by atoms with Gasteiger partial charge in [-0.05, 0) is 19.1 Å². The van der Waals surface area contributed by atoms with E-state index in [2.05, 4.69) is 0 Å². The molecule has 0 saturated carbocycles. The van der Waals surface area contributed by atoms with Gasteiger partial charge in [-0.3, -0.25) is 4.79 Å². The van der Waals surface area contributed by atoms with Crippen molar-refractivity contribution in [2.45, 2.75) is 24.0 Å². The van der Waals surface area contributed by atoms with Crippen LogP contribution in [0.1, 0.15) is 19.3 Å². The zero-order chi connectivity index (χ0) is 9.03. The highest BCUT2D eigenvalue weighted by molar-refractivity contribution is 8.00. The second-order valence-corrected chi connectivity index (χ2v) is 4.34. The van der Waals surface area contributed by atoms with E-state index in [0.717, 1.165) is 12.8 Å². The van der Waals surface area contributed by atoms with Crippen molar-refractivity contribution in [3.8, 4) is 0 Å². The molecule has 3 nitrogen and oxygen atoms in total. The van der Waals surface area contributed by atoms with Gasteiger partial charge < -0.3 is 9.84 Å². The van der Waals surface area contributed by atoms with Gasteiger partial charge in [0.1, 0.15) is 0 Å². The van der Waals surface area contributed by atoms with Crippen LogP contribution in [-0.2, 0) is 9.53 Å². The van der Waals surface area contributed by atoms with E-state index < -0.39 is 5.97 Å². The Balaban J connectivity index is 2.53. The lowest BCUT2D eigenvalue weighted by Gasteiger charge is -2.34. The van der Waals surface area contributed by atoms with Crippen LogP contribution >= 0.6 is 11.8 Å². The Morgan fingerprint density at radius 3 is 2.58 bits per heavy atom. The summed E-state index contributed by atoms with van der Waals surface area (Å²) in [5, 5.41) is 8.71. The highest BCUT2D eigenvalue weighted by Crippen LogP contribution is 2.36. The number of ether oxygens (including phenoxy) is 1. The van der Waals surface area contributed by atoms with E-state index >= 15 is 0 Å². The average Bonchev–Trinajstić information content (AvgIpc) is 2.05. The molecule has 4 heteroatoms. The highest BCUT2D eigenvalue weighted by atomic mass is 32.2. The third-order valence-corrected chi connectivity index (χ3v) is 3.73. The fourth-order valence-corrected chi connectivity index (χ4v) is 2.31. The minimum atomic E-state index is -0.703. The minimum Gasteiger partial charge on any atom is -0.481 e. The Hall–Kier alpha value is -0.220. The quantitative estimate of drug-likeness (QED) is 0.730. The number of rotatable bonds is 3. The maximum Gasteiger partial charge on any atom is 0.304 e. The molecule has 1 aliphatic rings. The van der Waals surface area contributed by atoms with Gasteiger partial charge in [-0.25, -0.2) is 0 Å². The number of hydrogen-bond acceptors (Lipinski definition) is 3. The van der Waals surface area contributed by atoms with Crippen molar-refractivity contribution in [1.29, 1.82) is 0 Å². The van der Waals surface area contributed by atoms with E-state index in [1.165, 1.54) is 0 Å². The van der Waals surface area contributed by atoms with Gasteiger partial charge in [0.2, 0.25) is 0 Å². The summed E-state index contributed by atoms with van der Waals surface area (Å²) in [7, 11) is 0. The van der Waals surface area contributed by atoms with Crippen molar-refractivity contribution in [3.63, 3.8) is 0 Å². The second kappa shape index (κ2) is 4.14. The van der Waals surface area contributed by atoms with Crippen LogP contribution in [0.5, 0.6) is 0 Å². The molecule has 0 aromatic rings. The van der Waals surface area contributed by atoms with Crippen molar-refractivity contribution in [1.82, 2.24) is 0 Å². The number of carboxylic acids is 1. The standard InChI is InChI=1S/C8H14O3S/c1-12-8(6-7(9)10)2-4-11-5-3-8/h2-6H2,1H3,(H,9,10). The zero-order valence-electron chi connectivity index (χ0n) is 7.21. The number of hydrogen-bond donors (Lipinski definition) is 1. The fraction of sp³-hybridized carbons (Fsp3) is 0.875. The van der Waals surface area contributed by atoms with Crippen molar-refractivity contribution in [2.24, 2.45) is 0 Å². The van der Waals surface area contributed by atoms with E-state index in [-0.39, 0.29) is 11.2 Å². The smallest absolute Gasteiger partial charge is 0.304 e. The molecular weight excluding hydrogens is 176 g/mol. The van der Waals surface area contributed by atoms with Crippen molar-refractivity contribution in [3.05, 3.63) is 0 Å². The normalized spacial score (nSPS) is 22.1. The van der Waals surface area contributed by atoms with Gasteiger partial charge in [-0.15, -0.1) is 0 Å². The summed E-state index contributed by atoms with van der Waals surface area (Å²) in [4.78, 5) is 10.6. The maximum atomic E-state index is 10.6. The molecule has 1 fully saturated rings. The van der Waals surface area contributed by atoms with Crippen LogP contribution in [0.25, 0.3) is 0 Å². The van der Waals surface area contributed by atoms with Crippen molar-refractivity contribution >= 4 is 17.7 Å². The SMILES string of the molecule is CSC1(CC(=O)O)CCOCC1. The Morgan fingerprint density at radius 2 is 2.17 bits per heavy atom. The Kier molecular flexibility index (Phi) is 3.40. The molecule has 0 aromatic heterocycles. The van der Waals surface area contributed by atoms with Crippen LogP contribution in [0.15, 0.2) is 0 Å². The Labute approximate surface area is 76.5 Å². The molecule has 0 aromatic carbocycles. The summed E-state index contributed by atoms with van der Waals surface area (Å²) in [5.74, 6) is -0.703. The highest BCUT2D eigenvalue weighted by Gasteiger charge is 2.33. The molecule has 1 rings (SSSR count). The summed E-state index contributed by atoms with van der Waals surface area (Å²) >= 11 is 1.66. The fourth-order valence-electron chi connectivity index (χ4n) is 1.47. The van der Waals surface area contributed by atoms with Crippen LogP contribution in [-0.4, -0.2) is 35.3 Å². The molecule has 0 radical (unpaired) electrons. The molecule has 1 heterocycles. The van der Waals surface area contributed by atoms with Gasteiger partial charge in [0.25, 0.3) is 0 Å². The molecule has 70 valence electrons. The van der Waals surface area contributed by atoms with E-state index in [4.69, 9.17) is 9.84 Å². The van der Waals surface area contributed by atoms with Gasteiger partial charge in [-0.2, -0.15) is 11.8 Å². The predicted molar refractivity (Wildman–Crippen MR) is 48.6 cm³/mol. The van der Waals surface area contributed by atoms with Gasteiger partial charge in [-0.1, -0.05) is 0 Å². The number of aliphatic carboxylic acids is 1. The van der Waals surface area contributed by atoms with Crippen LogP contribution in [0.4, 0.5) is 0 Å². The van der Waals surface area contributed by atoms with Gasteiger partial charge >= 0.3 is 5.97 Å². The third-order valence-electron chi connectivity index (χ3n) is 2.31. The number of carbonyl (C=O) groups is 1. The Morgan fingerprint density at radius 1 is 1.58 bits per heavy atom. The summed E-state index contributed by atoms with van der Waals surface area (Å²) in [5.41, 5.74) is 0. The number of thioether (sulfide) groups is 1. The van der Waals surface area contributed by atoms with Crippen molar-refractivity contribution < 1.29 is 14.6 Å². The first kappa shape index (κ1) is 9.86. The monoisotopic (exact) mass is 190 g/mol. The van der Waals surface area contributed by atoms with E-state index in [0.29, 0.717) is 13.2 Å². The molecule has 0 unspecified atom stereocenters. The summed E-state index contributed by atoms with van der Waals surface area (Å²) in [6.45, 7) is 1.40. The molecule has 0 atom stereocenters. The van der Waals surface area contributed by atoms with Gasteiger partial charge in [0.05, 0.1) is 6.42 Å². The van der Waals surface area contributed by atoms with Crippen LogP contribution in [0, 0.1) is 0 Å². The molecule has 1 aliphatic heterocycles. The van der Waals surface area contributed by atoms with E-state index in [9.17, 15) is 4.79 Å². The molecule has 0 spiro atoms. The lowest BCUT2D eigenvalue weighted by Crippen LogP contribution is -2.35. The van der Waals surface area contributed by atoms with Gasteiger partial charge in [0, 0.05) is 18.0 Å². The molecule has 0 aliphatic carbocycles.